The van der Waals surface area contributed by atoms with Crippen molar-refractivity contribution in [2.24, 2.45) is 0 Å². The number of hydrogen-bond donors (Lipinski definition) is 2. The summed E-state index contributed by atoms with van der Waals surface area (Å²) in [6.45, 7) is 5.17. The molecule has 0 spiro atoms. The molecule has 0 atom stereocenters. The molecule has 0 aliphatic rings. The Bertz CT molecular complexity index is 728. The minimum absolute atomic E-state index is 0.244. The molecule has 0 fully saturated rings. The van der Waals surface area contributed by atoms with Gasteiger partial charge in [0.05, 0.1) is 0 Å². The van der Waals surface area contributed by atoms with Crippen LogP contribution in [-0.4, -0.2) is 23.3 Å². The first-order valence-electron chi connectivity index (χ1n) is 8.69. The van der Waals surface area contributed by atoms with Crippen LogP contribution in [0.25, 0.3) is 0 Å². The molecule has 0 saturated carbocycles. The summed E-state index contributed by atoms with van der Waals surface area (Å²) in [6.07, 6.45) is 3.12. The molecule has 2 aromatic rings. The largest absolute Gasteiger partial charge is 0.351 e. The summed E-state index contributed by atoms with van der Waals surface area (Å²) >= 11 is 0. The Kier molecular flexibility index (Phi) is 7.14. The van der Waals surface area contributed by atoms with Gasteiger partial charge in [-0.3, -0.25) is 9.59 Å². The van der Waals surface area contributed by atoms with Gasteiger partial charge in [0.2, 0.25) is 0 Å². The summed E-state index contributed by atoms with van der Waals surface area (Å²) < 4.78 is 0. The van der Waals surface area contributed by atoms with E-state index < -0.39 is 0 Å². The fraction of sp³-hybridized carbons (Fsp3) is 0.350. The highest BCUT2D eigenvalue weighted by molar-refractivity contribution is 5.96. The number of benzene rings is 1. The summed E-state index contributed by atoms with van der Waals surface area (Å²) in [5.41, 5.74) is 2.68. The number of aromatic nitrogens is 1. The molecule has 0 radical (unpaired) electrons. The standard InChI is InChI=1S/C20H25N3O2/c1-3-4-5-12-21-19(24)17-10-7-11-18(23-17)20(25)22-14-16-9-6-8-15(2)13-16/h6-11,13H,3-5,12,14H2,1-2H3,(H,21,24)(H,22,25). The fourth-order valence-electron chi connectivity index (χ4n) is 2.45. The summed E-state index contributed by atoms with van der Waals surface area (Å²) in [4.78, 5) is 28.5. The lowest BCUT2D eigenvalue weighted by Gasteiger charge is -2.08. The number of amides is 2. The quantitative estimate of drug-likeness (QED) is 0.725. The van der Waals surface area contributed by atoms with E-state index >= 15 is 0 Å². The predicted molar refractivity (Wildman–Crippen MR) is 98.4 cm³/mol. The van der Waals surface area contributed by atoms with E-state index in [1.807, 2.05) is 31.2 Å². The maximum atomic E-state index is 12.3. The number of aryl methyl sites for hydroxylation is 1. The molecule has 25 heavy (non-hydrogen) atoms. The Balaban J connectivity index is 1.93. The van der Waals surface area contributed by atoms with E-state index in [-0.39, 0.29) is 23.2 Å². The Labute approximate surface area is 148 Å². The number of nitrogens with zero attached hydrogens (tertiary/aromatic N) is 1. The monoisotopic (exact) mass is 339 g/mol. The van der Waals surface area contributed by atoms with Gasteiger partial charge in [-0.05, 0) is 31.0 Å². The van der Waals surface area contributed by atoms with Crippen LogP contribution in [0.3, 0.4) is 0 Å². The number of carbonyl (C=O) groups is 2. The number of hydrogen-bond acceptors (Lipinski definition) is 3. The molecular formula is C20H25N3O2. The second-order valence-electron chi connectivity index (χ2n) is 6.04. The number of carbonyl (C=O) groups excluding carboxylic acids is 2. The van der Waals surface area contributed by atoms with Gasteiger partial charge in [-0.15, -0.1) is 0 Å². The van der Waals surface area contributed by atoms with E-state index in [0.717, 1.165) is 30.4 Å². The van der Waals surface area contributed by atoms with Crippen LogP contribution < -0.4 is 10.6 Å². The van der Waals surface area contributed by atoms with Crippen LogP contribution in [0.1, 0.15) is 58.3 Å². The van der Waals surface area contributed by atoms with Crippen molar-refractivity contribution in [3.05, 3.63) is 65.0 Å². The second kappa shape index (κ2) is 9.57. The van der Waals surface area contributed by atoms with Crippen LogP contribution >= 0.6 is 0 Å². The first-order chi connectivity index (χ1) is 12.1. The molecule has 132 valence electrons. The molecule has 0 saturated heterocycles. The van der Waals surface area contributed by atoms with Gasteiger partial charge in [-0.25, -0.2) is 4.98 Å². The highest BCUT2D eigenvalue weighted by Gasteiger charge is 2.12. The van der Waals surface area contributed by atoms with Crippen molar-refractivity contribution in [3.8, 4) is 0 Å². The van der Waals surface area contributed by atoms with Gasteiger partial charge >= 0.3 is 0 Å². The van der Waals surface area contributed by atoms with Crippen molar-refractivity contribution in [3.63, 3.8) is 0 Å². The van der Waals surface area contributed by atoms with Crippen LogP contribution in [-0.2, 0) is 6.54 Å². The maximum absolute atomic E-state index is 12.3. The van der Waals surface area contributed by atoms with Crippen LogP contribution in [0, 0.1) is 6.92 Å². The SMILES string of the molecule is CCCCCNC(=O)c1cccc(C(=O)NCc2cccc(C)c2)n1. The third-order valence-electron chi connectivity index (χ3n) is 3.82. The first-order valence-corrected chi connectivity index (χ1v) is 8.69. The molecule has 5 heteroatoms. The number of unbranched alkanes of at least 4 members (excludes halogenated alkanes) is 2. The van der Waals surface area contributed by atoms with Gasteiger partial charge in [0.1, 0.15) is 11.4 Å². The summed E-state index contributed by atoms with van der Waals surface area (Å²) in [6, 6.07) is 12.9. The van der Waals surface area contributed by atoms with Gasteiger partial charge in [0.15, 0.2) is 0 Å². The van der Waals surface area contributed by atoms with Gasteiger partial charge in [0, 0.05) is 13.1 Å². The van der Waals surface area contributed by atoms with E-state index in [2.05, 4.69) is 22.5 Å². The summed E-state index contributed by atoms with van der Waals surface area (Å²) in [7, 11) is 0. The normalized spacial score (nSPS) is 10.3. The molecule has 0 unspecified atom stereocenters. The van der Waals surface area contributed by atoms with Crippen LogP contribution in [0.4, 0.5) is 0 Å². The van der Waals surface area contributed by atoms with E-state index in [4.69, 9.17) is 0 Å². The Morgan fingerprint density at radius 1 is 0.960 bits per heavy atom. The molecule has 0 aliphatic heterocycles. The molecule has 2 N–H and O–H groups in total. The zero-order valence-electron chi connectivity index (χ0n) is 14.8. The molecular weight excluding hydrogens is 314 g/mol. The third kappa shape index (κ3) is 6.03. The summed E-state index contributed by atoms with van der Waals surface area (Å²) in [5, 5.41) is 5.67. The average Bonchev–Trinajstić information content (AvgIpc) is 2.63. The average molecular weight is 339 g/mol. The molecule has 1 aromatic heterocycles. The molecule has 2 amide bonds. The topological polar surface area (TPSA) is 71.1 Å². The fourth-order valence-corrected chi connectivity index (χ4v) is 2.45. The molecule has 0 aliphatic carbocycles. The van der Waals surface area contributed by atoms with Crippen LogP contribution in [0.15, 0.2) is 42.5 Å². The first kappa shape index (κ1) is 18.6. The van der Waals surface area contributed by atoms with E-state index in [9.17, 15) is 9.59 Å². The molecule has 5 nitrogen and oxygen atoms in total. The summed E-state index contributed by atoms with van der Waals surface area (Å²) in [5.74, 6) is -0.536. The lowest BCUT2D eigenvalue weighted by atomic mass is 10.1. The predicted octanol–water partition coefficient (Wildman–Crippen LogP) is 3.24. The van der Waals surface area contributed by atoms with Crippen molar-refractivity contribution in [2.75, 3.05) is 6.54 Å². The van der Waals surface area contributed by atoms with E-state index in [1.165, 1.54) is 0 Å². The van der Waals surface area contributed by atoms with Crippen molar-refractivity contribution in [1.29, 1.82) is 0 Å². The molecule has 1 aromatic carbocycles. The minimum Gasteiger partial charge on any atom is -0.351 e. The van der Waals surface area contributed by atoms with Gasteiger partial charge in [-0.2, -0.15) is 0 Å². The lowest BCUT2D eigenvalue weighted by molar-refractivity contribution is 0.0942. The van der Waals surface area contributed by atoms with Crippen LogP contribution in [0.5, 0.6) is 0 Å². The van der Waals surface area contributed by atoms with Crippen LogP contribution in [0.2, 0.25) is 0 Å². The lowest BCUT2D eigenvalue weighted by Crippen LogP contribution is -2.28. The second-order valence-corrected chi connectivity index (χ2v) is 6.04. The molecule has 1 heterocycles. The van der Waals surface area contributed by atoms with Gasteiger partial charge < -0.3 is 10.6 Å². The molecule has 2 rings (SSSR count). The number of nitrogens with one attached hydrogen (secondary N) is 2. The van der Waals surface area contributed by atoms with Crippen molar-refractivity contribution in [1.82, 2.24) is 15.6 Å². The Morgan fingerprint density at radius 3 is 2.32 bits per heavy atom. The highest BCUT2D eigenvalue weighted by Crippen LogP contribution is 2.05. The number of rotatable bonds is 8. The third-order valence-corrected chi connectivity index (χ3v) is 3.82. The van der Waals surface area contributed by atoms with Crippen molar-refractivity contribution < 1.29 is 9.59 Å². The maximum Gasteiger partial charge on any atom is 0.270 e. The van der Waals surface area contributed by atoms with E-state index in [1.54, 1.807) is 18.2 Å². The Morgan fingerprint density at radius 2 is 1.64 bits per heavy atom. The molecule has 0 bridgehead atoms. The zero-order chi connectivity index (χ0) is 18.1. The number of pyridine rings is 1. The van der Waals surface area contributed by atoms with Crippen molar-refractivity contribution in [2.45, 2.75) is 39.7 Å². The Hall–Kier alpha value is -2.69. The smallest absolute Gasteiger partial charge is 0.270 e. The van der Waals surface area contributed by atoms with Gasteiger partial charge in [-0.1, -0.05) is 55.7 Å². The highest BCUT2D eigenvalue weighted by atomic mass is 16.2. The van der Waals surface area contributed by atoms with Gasteiger partial charge in [0.25, 0.3) is 11.8 Å². The minimum atomic E-state index is -0.290. The van der Waals surface area contributed by atoms with E-state index in [0.29, 0.717) is 13.1 Å². The van der Waals surface area contributed by atoms with Crippen molar-refractivity contribution >= 4 is 11.8 Å². The zero-order valence-corrected chi connectivity index (χ0v) is 14.8.